The highest BCUT2D eigenvalue weighted by Crippen LogP contribution is 2.23. The average Bonchev–Trinajstić information content (AvgIpc) is 3.46. The number of para-hydroxylation sites is 1. The molecule has 1 fully saturated rings. The lowest BCUT2D eigenvalue weighted by Gasteiger charge is -2.30. The molecule has 0 aliphatic carbocycles. The second kappa shape index (κ2) is 12.2. The van der Waals surface area contributed by atoms with E-state index in [0.29, 0.717) is 42.4 Å². The van der Waals surface area contributed by atoms with Crippen molar-refractivity contribution in [3.8, 4) is 0 Å². The number of aromatic nitrogens is 2. The van der Waals surface area contributed by atoms with Crippen molar-refractivity contribution in [2.75, 3.05) is 19.6 Å². The number of carbonyl (C=O) groups excluding carboxylic acids is 2. The van der Waals surface area contributed by atoms with Crippen LogP contribution in [0.5, 0.6) is 0 Å². The van der Waals surface area contributed by atoms with Crippen molar-refractivity contribution >= 4 is 22.9 Å². The molecule has 1 aromatic heterocycles. The predicted octanol–water partition coefficient (Wildman–Crippen LogP) is 4.57. The summed E-state index contributed by atoms with van der Waals surface area (Å²) >= 11 is 0. The minimum Gasteiger partial charge on any atom is -0.444 e. The monoisotopic (exact) mass is 586 g/mol. The molecule has 43 heavy (non-hydrogen) atoms. The minimum absolute atomic E-state index is 0.0244. The van der Waals surface area contributed by atoms with Crippen LogP contribution in [-0.2, 0) is 17.7 Å². The SMILES string of the molecule is CC(C)(C)OC(=O)N1CCC(N(CCc2ccccc2)C(=O)c2cc(Cn3c(=O)[nH]c(=O)c4ccccc43)ccc2F)C1. The molecule has 2 heterocycles. The number of hydrogen-bond acceptors (Lipinski definition) is 5. The van der Waals surface area contributed by atoms with Crippen LogP contribution in [0.2, 0.25) is 0 Å². The van der Waals surface area contributed by atoms with E-state index in [1.165, 1.54) is 22.8 Å². The number of fused-ring (bicyclic) bond motifs is 1. The number of amides is 2. The van der Waals surface area contributed by atoms with Gasteiger partial charge in [0.15, 0.2) is 0 Å². The van der Waals surface area contributed by atoms with Crippen LogP contribution in [0.25, 0.3) is 10.9 Å². The van der Waals surface area contributed by atoms with E-state index in [2.05, 4.69) is 4.98 Å². The van der Waals surface area contributed by atoms with E-state index in [-0.39, 0.29) is 24.7 Å². The van der Waals surface area contributed by atoms with Gasteiger partial charge in [-0.3, -0.25) is 19.1 Å². The molecule has 1 atom stereocenters. The van der Waals surface area contributed by atoms with Crippen molar-refractivity contribution in [1.29, 1.82) is 0 Å². The molecule has 9 nitrogen and oxygen atoms in total. The summed E-state index contributed by atoms with van der Waals surface area (Å²) < 4.78 is 22.2. The molecule has 1 N–H and O–H groups in total. The Labute approximate surface area is 248 Å². The second-order valence-corrected chi connectivity index (χ2v) is 11.8. The Morgan fingerprint density at radius 3 is 2.47 bits per heavy atom. The maximum absolute atomic E-state index is 15.3. The first-order valence-corrected chi connectivity index (χ1v) is 14.3. The maximum Gasteiger partial charge on any atom is 0.410 e. The molecule has 1 saturated heterocycles. The first-order valence-electron chi connectivity index (χ1n) is 14.3. The largest absolute Gasteiger partial charge is 0.444 e. The van der Waals surface area contributed by atoms with Crippen molar-refractivity contribution in [3.63, 3.8) is 0 Å². The summed E-state index contributed by atoms with van der Waals surface area (Å²) in [6.45, 7) is 6.44. The van der Waals surface area contributed by atoms with Gasteiger partial charge in [0.1, 0.15) is 11.4 Å². The van der Waals surface area contributed by atoms with Gasteiger partial charge in [-0.15, -0.1) is 0 Å². The van der Waals surface area contributed by atoms with E-state index in [4.69, 9.17) is 4.74 Å². The number of halogens is 1. The number of H-pyrrole nitrogens is 1. The summed E-state index contributed by atoms with van der Waals surface area (Å²) in [4.78, 5) is 57.4. The Morgan fingerprint density at radius 1 is 1.00 bits per heavy atom. The first kappa shape index (κ1) is 29.8. The normalized spacial score (nSPS) is 15.1. The summed E-state index contributed by atoms with van der Waals surface area (Å²) in [6, 6.07) is 20.3. The number of hydrogen-bond donors (Lipinski definition) is 1. The number of carbonyl (C=O) groups is 2. The number of aromatic amines is 1. The van der Waals surface area contributed by atoms with Gasteiger partial charge in [0, 0.05) is 19.6 Å². The smallest absolute Gasteiger partial charge is 0.410 e. The Hall–Kier alpha value is -4.73. The molecule has 0 saturated carbocycles. The van der Waals surface area contributed by atoms with Crippen LogP contribution in [0.15, 0.2) is 82.4 Å². The minimum atomic E-state index is -0.681. The van der Waals surface area contributed by atoms with Crippen molar-refractivity contribution in [2.24, 2.45) is 0 Å². The number of benzene rings is 3. The zero-order chi connectivity index (χ0) is 30.7. The molecule has 0 spiro atoms. The van der Waals surface area contributed by atoms with Gasteiger partial charge in [0.25, 0.3) is 11.5 Å². The molecule has 1 unspecified atom stereocenters. The van der Waals surface area contributed by atoms with E-state index in [1.807, 2.05) is 30.3 Å². The maximum atomic E-state index is 15.3. The lowest BCUT2D eigenvalue weighted by atomic mass is 10.1. The highest BCUT2D eigenvalue weighted by Gasteiger charge is 2.35. The Morgan fingerprint density at radius 2 is 1.72 bits per heavy atom. The standard InChI is InChI=1S/C33H35FN4O5/c1-33(2,3)43-32(42)36-17-16-24(21-36)37(18-15-22-9-5-4-6-10-22)30(40)26-19-23(13-14-27(26)34)20-38-28-12-8-7-11-25(28)29(39)35-31(38)41/h4-14,19,24H,15-18,20-21H2,1-3H3,(H,35,39,41). The highest BCUT2D eigenvalue weighted by molar-refractivity contribution is 5.95. The van der Waals surface area contributed by atoms with Crippen LogP contribution < -0.4 is 11.2 Å². The van der Waals surface area contributed by atoms with Gasteiger partial charge in [-0.2, -0.15) is 0 Å². The molecular weight excluding hydrogens is 551 g/mol. The van der Waals surface area contributed by atoms with Crippen molar-refractivity contribution in [3.05, 3.63) is 116 Å². The third kappa shape index (κ3) is 6.85. The molecular formula is C33H35FN4O5. The third-order valence-electron chi connectivity index (χ3n) is 7.51. The van der Waals surface area contributed by atoms with Crippen LogP contribution in [-0.4, -0.2) is 62.6 Å². The van der Waals surface area contributed by atoms with Crippen LogP contribution in [0, 0.1) is 5.82 Å². The molecule has 3 aromatic carbocycles. The molecule has 10 heteroatoms. The van der Waals surface area contributed by atoms with Crippen LogP contribution >= 0.6 is 0 Å². The Kier molecular flexibility index (Phi) is 8.47. The number of ether oxygens (including phenoxy) is 1. The van der Waals surface area contributed by atoms with E-state index < -0.39 is 34.7 Å². The molecule has 5 rings (SSSR count). The lowest BCUT2D eigenvalue weighted by molar-refractivity contribution is 0.0275. The van der Waals surface area contributed by atoms with Gasteiger partial charge in [-0.05, 0) is 69.0 Å². The zero-order valence-electron chi connectivity index (χ0n) is 24.5. The predicted molar refractivity (Wildman–Crippen MR) is 162 cm³/mol. The van der Waals surface area contributed by atoms with Crippen molar-refractivity contribution in [1.82, 2.24) is 19.4 Å². The van der Waals surface area contributed by atoms with Gasteiger partial charge < -0.3 is 14.5 Å². The van der Waals surface area contributed by atoms with Crippen LogP contribution in [0.3, 0.4) is 0 Å². The summed E-state index contributed by atoms with van der Waals surface area (Å²) in [5.41, 5.74) is 0.126. The van der Waals surface area contributed by atoms with E-state index >= 15 is 4.39 Å². The Bertz CT molecular complexity index is 1760. The average molecular weight is 587 g/mol. The summed E-state index contributed by atoms with van der Waals surface area (Å²) in [6.07, 6.45) is 0.632. The topological polar surface area (TPSA) is 105 Å². The first-order chi connectivity index (χ1) is 20.5. The van der Waals surface area contributed by atoms with Gasteiger partial charge in [0.2, 0.25) is 0 Å². The van der Waals surface area contributed by atoms with E-state index in [1.54, 1.807) is 54.8 Å². The molecule has 0 radical (unpaired) electrons. The molecule has 4 aromatic rings. The van der Waals surface area contributed by atoms with Gasteiger partial charge >= 0.3 is 11.8 Å². The lowest BCUT2D eigenvalue weighted by Crippen LogP contribution is -2.44. The van der Waals surface area contributed by atoms with E-state index in [9.17, 15) is 19.2 Å². The van der Waals surface area contributed by atoms with Gasteiger partial charge in [-0.1, -0.05) is 48.5 Å². The fourth-order valence-corrected chi connectivity index (χ4v) is 5.40. The van der Waals surface area contributed by atoms with Crippen LogP contribution in [0.4, 0.5) is 9.18 Å². The fraction of sp³-hybridized carbons (Fsp3) is 0.333. The molecule has 1 aliphatic rings. The highest BCUT2D eigenvalue weighted by atomic mass is 19.1. The zero-order valence-corrected chi connectivity index (χ0v) is 24.5. The summed E-state index contributed by atoms with van der Waals surface area (Å²) in [5, 5.41) is 0.350. The van der Waals surface area contributed by atoms with Gasteiger partial charge in [-0.25, -0.2) is 14.0 Å². The summed E-state index contributed by atoms with van der Waals surface area (Å²) in [7, 11) is 0. The van der Waals surface area contributed by atoms with Crippen LogP contribution in [0.1, 0.15) is 48.7 Å². The molecule has 1 aliphatic heterocycles. The number of rotatable bonds is 7. The number of nitrogens with one attached hydrogen (secondary N) is 1. The number of nitrogens with zero attached hydrogens (tertiary/aromatic N) is 3. The Balaban J connectivity index is 1.44. The fourth-order valence-electron chi connectivity index (χ4n) is 5.40. The van der Waals surface area contributed by atoms with Gasteiger partial charge in [0.05, 0.1) is 29.1 Å². The molecule has 224 valence electrons. The molecule has 0 bridgehead atoms. The number of likely N-dealkylation sites (tertiary alicyclic amines) is 1. The van der Waals surface area contributed by atoms with Crippen molar-refractivity contribution < 1.29 is 18.7 Å². The summed E-state index contributed by atoms with van der Waals surface area (Å²) in [5.74, 6) is -1.18. The quantitative estimate of drug-likeness (QED) is 0.342. The third-order valence-corrected chi connectivity index (χ3v) is 7.51. The van der Waals surface area contributed by atoms with Crippen molar-refractivity contribution in [2.45, 2.75) is 51.8 Å². The van der Waals surface area contributed by atoms with E-state index in [0.717, 1.165) is 5.56 Å². The second-order valence-electron chi connectivity index (χ2n) is 11.8. The molecule has 2 amide bonds.